The van der Waals surface area contributed by atoms with Gasteiger partial charge < -0.3 is 14.8 Å². The van der Waals surface area contributed by atoms with E-state index in [-0.39, 0.29) is 18.4 Å². The smallest absolute Gasteiger partial charge is 0.215 e. The highest BCUT2D eigenvalue weighted by Gasteiger charge is 2.18. The fraction of sp³-hybridized carbons (Fsp3) is 0.571. The molecule has 0 saturated carbocycles. The van der Waals surface area contributed by atoms with Gasteiger partial charge in [0.25, 0.3) is 0 Å². The molecule has 118 valence electrons. The first-order chi connectivity index (χ1) is 10.1. The van der Waals surface area contributed by atoms with Crippen LogP contribution in [0.15, 0.2) is 24.3 Å². The highest BCUT2D eigenvalue weighted by atomic mass is 32.2. The molecular weight excluding hydrogens is 292 g/mol. The van der Waals surface area contributed by atoms with Crippen LogP contribution < -0.4 is 10.0 Å². The molecule has 2 rings (SSSR count). The van der Waals surface area contributed by atoms with Crippen molar-refractivity contribution in [2.75, 3.05) is 33.4 Å². The Kier molecular flexibility index (Phi) is 6.13. The molecule has 6 nitrogen and oxygen atoms in total. The van der Waals surface area contributed by atoms with Crippen LogP contribution >= 0.6 is 0 Å². The number of nitrogens with one attached hydrogen (secondary N) is 2. The summed E-state index contributed by atoms with van der Waals surface area (Å²) in [5.41, 5.74) is 1.84. The number of ether oxygens (including phenoxy) is 2. The lowest BCUT2D eigenvalue weighted by Gasteiger charge is -2.23. The molecule has 0 aliphatic carbocycles. The maximum atomic E-state index is 12.1. The second-order valence-electron chi connectivity index (χ2n) is 5.03. The Morgan fingerprint density at radius 1 is 1.29 bits per heavy atom. The van der Waals surface area contributed by atoms with Crippen molar-refractivity contribution in [3.63, 3.8) is 0 Å². The molecule has 1 aliphatic heterocycles. The molecule has 1 fully saturated rings. The zero-order valence-corrected chi connectivity index (χ0v) is 13.0. The van der Waals surface area contributed by atoms with Gasteiger partial charge in [0.05, 0.1) is 31.7 Å². The molecule has 1 aromatic carbocycles. The first-order valence-electron chi connectivity index (χ1n) is 6.98. The van der Waals surface area contributed by atoms with Crippen LogP contribution in [0.1, 0.15) is 11.1 Å². The predicted molar refractivity (Wildman–Crippen MR) is 80.4 cm³/mol. The van der Waals surface area contributed by atoms with E-state index in [2.05, 4.69) is 10.0 Å². The summed E-state index contributed by atoms with van der Waals surface area (Å²) in [6, 6.07) is 7.55. The van der Waals surface area contributed by atoms with Crippen LogP contribution in [0.4, 0.5) is 0 Å². The number of benzene rings is 1. The summed E-state index contributed by atoms with van der Waals surface area (Å²) in [7, 11) is -1.51. The van der Waals surface area contributed by atoms with Crippen LogP contribution in [-0.4, -0.2) is 47.9 Å². The van der Waals surface area contributed by atoms with E-state index in [1.165, 1.54) is 0 Å². The highest BCUT2D eigenvalue weighted by Crippen LogP contribution is 2.09. The van der Waals surface area contributed by atoms with Gasteiger partial charge in [-0.3, -0.25) is 0 Å². The van der Waals surface area contributed by atoms with E-state index in [1.54, 1.807) is 0 Å². The molecule has 0 aromatic heterocycles. The van der Waals surface area contributed by atoms with Crippen LogP contribution in [0.25, 0.3) is 0 Å². The van der Waals surface area contributed by atoms with Crippen LogP contribution in [0.3, 0.4) is 0 Å². The Morgan fingerprint density at radius 3 is 2.81 bits per heavy atom. The average molecular weight is 314 g/mol. The van der Waals surface area contributed by atoms with E-state index in [1.807, 2.05) is 31.3 Å². The first-order valence-corrected chi connectivity index (χ1v) is 8.63. The summed E-state index contributed by atoms with van der Waals surface area (Å²) in [5.74, 6) is -0.0296. The van der Waals surface area contributed by atoms with Crippen molar-refractivity contribution < 1.29 is 17.9 Å². The molecule has 0 radical (unpaired) electrons. The average Bonchev–Trinajstić information content (AvgIpc) is 2.47. The van der Waals surface area contributed by atoms with Gasteiger partial charge >= 0.3 is 0 Å². The first kappa shape index (κ1) is 16.4. The van der Waals surface area contributed by atoms with Crippen LogP contribution in [0.2, 0.25) is 0 Å². The van der Waals surface area contributed by atoms with Crippen molar-refractivity contribution in [2.45, 2.75) is 18.4 Å². The van der Waals surface area contributed by atoms with E-state index >= 15 is 0 Å². The summed E-state index contributed by atoms with van der Waals surface area (Å²) in [4.78, 5) is 0. The third-order valence-corrected chi connectivity index (χ3v) is 4.46. The molecule has 1 heterocycles. The monoisotopic (exact) mass is 314 g/mol. The summed E-state index contributed by atoms with van der Waals surface area (Å²) < 4.78 is 37.4. The normalized spacial score (nSPS) is 19.6. The largest absolute Gasteiger partial charge is 0.376 e. The Balaban J connectivity index is 1.89. The molecular formula is C14H22N2O4S. The van der Waals surface area contributed by atoms with Gasteiger partial charge in [-0.1, -0.05) is 24.3 Å². The Bertz CT molecular complexity index is 542. The number of hydrogen-bond acceptors (Lipinski definition) is 5. The maximum absolute atomic E-state index is 12.1. The zero-order valence-electron chi connectivity index (χ0n) is 12.2. The second kappa shape index (κ2) is 7.86. The quantitative estimate of drug-likeness (QED) is 0.754. The van der Waals surface area contributed by atoms with Gasteiger partial charge in [-0.25, -0.2) is 13.1 Å². The minimum atomic E-state index is -3.37. The minimum absolute atomic E-state index is 0.0296. The third-order valence-electron chi connectivity index (χ3n) is 3.14. The molecule has 2 N–H and O–H groups in total. The maximum Gasteiger partial charge on any atom is 0.215 e. The molecule has 1 aliphatic rings. The summed E-state index contributed by atoms with van der Waals surface area (Å²) in [6.45, 7) is 2.48. The molecule has 1 aromatic rings. The molecule has 0 spiro atoms. The highest BCUT2D eigenvalue weighted by molar-refractivity contribution is 7.88. The van der Waals surface area contributed by atoms with Crippen molar-refractivity contribution in [1.29, 1.82) is 0 Å². The van der Waals surface area contributed by atoms with Crippen molar-refractivity contribution in [3.05, 3.63) is 35.4 Å². The SMILES string of the molecule is CNCc1cccc(CS(=O)(=O)NCC2COCCO2)c1. The fourth-order valence-electron chi connectivity index (χ4n) is 2.18. The van der Waals surface area contributed by atoms with E-state index in [0.29, 0.717) is 26.4 Å². The van der Waals surface area contributed by atoms with Crippen molar-refractivity contribution >= 4 is 10.0 Å². The lowest BCUT2D eigenvalue weighted by Crippen LogP contribution is -2.40. The van der Waals surface area contributed by atoms with Crippen LogP contribution in [-0.2, 0) is 31.8 Å². The van der Waals surface area contributed by atoms with E-state index < -0.39 is 10.0 Å². The van der Waals surface area contributed by atoms with Gasteiger partial charge in [-0.2, -0.15) is 0 Å². The topological polar surface area (TPSA) is 76.7 Å². The zero-order chi connectivity index (χ0) is 15.1. The molecule has 0 amide bonds. The second-order valence-corrected chi connectivity index (χ2v) is 6.83. The van der Waals surface area contributed by atoms with Crippen molar-refractivity contribution in [2.24, 2.45) is 0 Å². The van der Waals surface area contributed by atoms with Gasteiger partial charge in [-0.15, -0.1) is 0 Å². The summed E-state index contributed by atoms with van der Waals surface area (Å²) in [5, 5.41) is 3.05. The summed E-state index contributed by atoms with van der Waals surface area (Å²) >= 11 is 0. The van der Waals surface area contributed by atoms with Crippen molar-refractivity contribution in [3.8, 4) is 0 Å². The number of sulfonamides is 1. The molecule has 21 heavy (non-hydrogen) atoms. The fourth-order valence-corrected chi connectivity index (χ4v) is 3.34. The molecule has 1 atom stereocenters. The third kappa shape index (κ3) is 5.72. The molecule has 0 bridgehead atoms. The van der Waals surface area contributed by atoms with Crippen LogP contribution in [0, 0.1) is 0 Å². The van der Waals surface area contributed by atoms with Gasteiger partial charge in [0.1, 0.15) is 0 Å². The Morgan fingerprint density at radius 2 is 2.10 bits per heavy atom. The number of hydrogen-bond donors (Lipinski definition) is 2. The van der Waals surface area contributed by atoms with Gasteiger partial charge in [0.2, 0.25) is 10.0 Å². The standard InChI is InChI=1S/C14H22N2O4S/c1-15-8-12-3-2-4-13(7-12)11-21(17,18)16-9-14-10-19-5-6-20-14/h2-4,7,14-16H,5-6,8-11H2,1H3. The molecule has 1 unspecified atom stereocenters. The van der Waals surface area contributed by atoms with Crippen molar-refractivity contribution in [1.82, 2.24) is 10.0 Å². The minimum Gasteiger partial charge on any atom is -0.376 e. The van der Waals surface area contributed by atoms with Gasteiger partial charge in [0.15, 0.2) is 0 Å². The lowest BCUT2D eigenvalue weighted by atomic mass is 10.1. The summed E-state index contributed by atoms with van der Waals surface area (Å²) in [6.07, 6.45) is -0.204. The Hall–Kier alpha value is -0.990. The van der Waals surface area contributed by atoms with E-state index in [9.17, 15) is 8.42 Å². The van der Waals surface area contributed by atoms with Crippen LogP contribution in [0.5, 0.6) is 0 Å². The number of rotatable bonds is 7. The molecule has 7 heteroatoms. The molecule has 1 saturated heterocycles. The lowest BCUT2D eigenvalue weighted by molar-refractivity contribution is -0.0847. The van der Waals surface area contributed by atoms with E-state index in [4.69, 9.17) is 9.47 Å². The van der Waals surface area contributed by atoms with Gasteiger partial charge in [0, 0.05) is 13.1 Å². The van der Waals surface area contributed by atoms with Gasteiger partial charge in [-0.05, 0) is 18.2 Å². The predicted octanol–water partition coefficient (Wildman–Crippen LogP) is 0.241. The Labute approximate surface area is 125 Å². The van der Waals surface area contributed by atoms with E-state index in [0.717, 1.165) is 11.1 Å².